The van der Waals surface area contributed by atoms with Crippen LogP contribution in [0.2, 0.25) is 0 Å². The fraction of sp³-hybridized carbons (Fsp3) is 0.333. The number of piperazine rings is 1. The Morgan fingerprint density at radius 3 is 2.39 bits per heavy atom. The molecular weight excluding hydrogens is 421 g/mol. The highest BCUT2D eigenvalue weighted by Crippen LogP contribution is 2.22. The lowest BCUT2D eigenvalue weighted by Gasteiger charge is -2.36. The molecule has 4 aromatic rings. The Labute approximate surface area is 191 Å². The molecule has 0 spiro atoms. The molecule has 0 atom stereocenters. The number of hydrogen-bond acceptors (Lipinski definition) is 7. The number of aromatic nitrogens is 5. The Morgan fingerprint density at radius 1 is 0.970 bits per heavy atom. The lowest BCUT2D eigenvalue weighted by atomic mass is 10.1. The van der Waals surface area contributed by atoms with E-state index in [1.54, 1.807) is 6.20 Å². The van der Waals surface area contributed by atoms with E-state index in [2.05, 4.69) is 35.1 Å². The van der Waals surface area contributed by atoms with Crippen LogP contribution in [0, 0.1) is 19.7 Å². The predicted octanol–water partition coefficient (Wildman–Crippen LogP) is 3.72. The highest BCUT2D eigenvalue weighted by molar-refractivity contribution is 5.56. The summed E-state index contributed by atoms with van der Waals surface area (Å²) in [5.74, 6) is 1.86. The van der Waals surface area contributed by atoms with Crippen LogP contribution in [0.15, 0.2) is 47.1 Å². The maximum absolute atomic E-state index is 13.2. The van der Waals surface area contributed by atoms with Gasteiger partial charge in [-0.3, -0.25) is 5.10 Å². The van der Waals surface area contributed by atoms with E-state index in [0.29, 0.717) is 18.1 Å². The smallest absolute Gasteiger partial charge is 0.227 e. The second-order valence-corrected chi connectivity index (χ2v) is 8.28. The van der Waals surface area contributed by atoms with E-state index in [-0.39, 0.29) is 5.82 Å². The third kappa shape index (κ3) is 4.57. The number of benzene rings is 1. The minimum Gasteiger partial charge on any atom is -0.368 e. The summed E-state index contributed by atoms with van der Waals surface area (Å²) >= 11 is 0. The molecule has 1 saturated heterocycles. The highest BCUT2D eigenvalue weighted by atomic mass is 19.1. The summed E-state index contributed by atoms with van der Waals surface area (Å²) in [4.78, 5) is 13.7. The Kier molecular flexibility index (Phi) is 5.77. The topological polar surface area (TPSA) is 87.0 Å². The van der Waals surface area contributed by atoms with Crippen molar-refractivity contribution in [3.8, 4) is 11.4 Å². The van der Waals surface area contributed by atoms with Gasteiger partial charge in [0.05, 0.1) is 5.69 Å². The zero-order valence-corrected chi connectivity index (χ0v) is 18.8. The van der Waals surface area contributed by atoms with Gasteiger partial charge in [0.15, 0.2) is 0 Å². The van der Waals surface area contributed by atoms with Gasteiger partial charge in [0.2, 0.25) is 11.7 Å². The van der Waals surface area contributed by atoms with Crippen LogP contribution < -0.4 is 9.80 Å². The van der Waals surface area contributed by atoms with E-state index in [0.717, 1.165) is 61.1 Å². The fourth-order valence-electron chi connectivity index (χ4n) is 4.20. The summed E-state index contributed by atoms with van der Waals surface area (Å²) in [5.41, 5.74) is 5.15. The maximum Gasteiger partial charge on any atom is 0.227 e. The van der Waals surface area contributed by atoms with Crippen LogP contribution in [-0.4, -0.2) is 51.5 Å². The third-order valence-electron chi connectivity index (χ3n) is 6.14. The average molecular weight is 448 g/mol. The molecule has 1 fully saturated rings. The zero-order chi connectivity index (χ0) is 22.8. The first-order valence-electron chi connectivity index (χ1n) is 11.1. The fourth-order valence-corrected chi connectivity index (χ4v) is 4.20. The first-order chi connectivity index (χ1) is 16.1. The molecule has 1 N–H and O–H groups in total. The lowest BCUT2D eigenvalue weighted by molar-refractivity contribution is 0.379. The number of aryl methyl sites for hydroxylation is 3. The molecule has 0 amide bonds. The SMILES string of the molecule is Cc1n[nH]c(C)c1CCc1nc(-c2ccc(N3CCN(c4ccc(F)cc4)CC3)nc2)no1. The molecule has 9 heteroatoms. The average Bonchev–Trinajstić information content (AvgIpc) is 3.45. The molecule has 33 heavy (non-hydrogen) atoms. The van der Waals surface area contributed by atoms with Gasteiger partial charge in [-0.05, 0) is 62.2 Å². The second-order valence-electron chi connectivity index (χ2n) is 8.28. The summed E-state index contributed by atoms with van der Waals surface area (Å²) in [6.07, 6.45) is 3.26. The maximum atomic E-state index is 13.2. The van der Waals surface area contributed by atoms with E-state index < -0.39 is 0 Å². The monoisotopic (exact) mass is 447 g/mol. The van der Waals surface area contributed by atoms with Crippen LogP contribution in [0.1, 0.15) is 22.8 Å². The summed E-state index contributed by atoms with van der Waals surface area (Å²) in [7, 11) is 0. The molecular formula is C24H26FN7O. The van der Waals surface area contributed by atoms with Crippen molar-refractivity contribution in [2.75, 3.05) is 36.0 Å². The number of rotatable bonds is 6. The summed E-state index contributed by atoms with van der Waals surface area (Å²) in [5, 5.41) is 11.4. The van der Waals surface area contributed by atoms with Crippen molar-refractivity contribution in [2.24, 2.45) is 0 Å². The minimum atomic E-state index is -0.210. The molecule has 0 unspecified atom stereocenters. The molecule has 8 nitrogen and oxygen atoms in total. The van der Waals surface area contributed by atoms with Gasteiger partial charge in [0.1, 0.15) is 11.6 Å². The van der Waals surface area contributed by atoms with Crippen molar-refractivity contribution in [3.05, 3.63) is 71.3 Å². The first kappa shape index (κ1) is 21.1. The van der Waals surface area contributed by atoms with Gasteiger partial charge < -0.3 is 14.3 Å². The van der Waals surface area contributed by atoms with Gasteiger partial charge in [-0.2, -0.15) is 10.1 Å². The number of H-pyrrole nitrogens is 1. The Hall–Kier alpha value is -3.75. The Bertz CT molecular complexity index is 1190. The van der Waals surface area contributed by atoms with Crippen molar-refractivity contribution in [2.45, 2.75) is 26.7 Å². The van der Waals surface area contributed by atoms with E-state index in [9.17, 15) is 4.39 Å². The van der Waals surface area contributed by atoms with Gasteiger partial charge in [0.25, 0.3) is 0 Å². The lowest BCUT2D eigenvalue weighted by Crippen LogP contribution is -2.46. The van der Waals surface area contributed by atoms with E-state index in [4.69, 9.17) is 4.52 Å². The van der Waals surface area contributed by atoms with Crippen molar-refractivity contribution in [1.29, 1.82) is 0 Å². The second kappa shape index (κ2) is 9.01. The summed E-state index contributed by atoms with van der Waals surface area (Å²) in [6, 6.07) is 10.6. The van der Waals surface area contributed by atoms with Crippen LogP contribution in [0.25, 0.3) is 11.4 Å². The van der Waals surface area contributed by atoms with E-state index in [1.165, 1.54) is 17.7 Å². The quantitative estimate of drug-likeness (QED) is 0.482. The molecule has 0 bridgehead atoms. The van der Waals surface area contributed by atoms with Gasteiger partial charge in [-0.15, -0.1) is 0 Å². The van der Waals surface area contributed by atoms with E-state index >= 15 is 0 Å². The largest absolute Gasteiger partial charge is 0.368 e. The minimum absolute atomic E-state index is 0.210. The van der Waals surface area contributed by atoms with Crippen LogP contribution in [0.5, 0.6) is 0 Å². The van der Waals surface area contributed by atoms with Crippen LogP contribution in [0.3, 0.4) is 0 Å². The summed E-state index contributed by atoms with van der Waals surface area (Å²) in [6.45, 7) is 7.43. The van der Waals surface area contributed by atoms with Crippen molar-refractivity contribution < 1.29 is 8.91 Å². The zero-order valence-electron chi connectivity index (χ0n) is 18.8. The molecule has 5 rings (SSSR count). The molecule has 3 aromatic heterocycles. The van der Waals surface area contributed by atoms with Gasteiger partial charge in [-0.25, -0.2) is 9.37 Å². The van der Waals surface area contributed by atoms with E-state index in [1.807, 2.05) is 38.1 Å². The molecule has 0 aliphatic carbocycles. The summed E-state index contributed by atoms with van der Waals surface area (Å²) < 4.78 is 18.6. The molecule has 170 valence electrons. The van der Waals surface area contributed by atoms with Gasteiger partial charge >= 0.3 is 0 Å². The Balaban J connectivity index is 1.18. The number of halogens is 1. The number of nitrogens with one attached hydrogen (secondary N) is 1. The van der Waals surface area contributed by atoms with Crippen molar-refractivity contribution >= 4 is 11.5 Å². The van der Waals surface area contributed by atoms with Crippen LogP contribution in [-0.2, 0) is 12.8 Å². The van der Waals surface area contributed by atoms with Gasteiger partial charge in [-0.1, -0.05) is 5.16 Å². The number of hydrogen-bond donors (Lipinski definition) is 1. The number of anilines is 2. The predicted molar refractivity (Wildman–Crippen MR) is 124 cm³/mol. The van der Waals surface area contributed by atoms with Crippen molar-refractivity contribution in [3.63, 3.8) is 0 Å². The molecule has 1 aromatic carbocycles. The normalized spacial score (nSPS) is 14.2. The number of nitrogens with zero attached hydrogens (tertiary/aromatic N) is 6. The molecule has 4 heterocycles. The molecule has 1 aliphatic heterocycles. The standard InChI is InChI=1S/C24H26FN7O/c1-16-21(17(2)29-28-16)8-10-23-27-24(30-33-23)18-3-9-22(26-15-18)32-13-11-31(12-14-32)20-6-4-19(25)5-7-20/h3-7,9,15H,8,10-14H2,1-2H3,(H,28,29). The highest BCUT2D eigenvalue weighted by Gasteiger charge is 2.19. The third-order valence-corrected chi connectivity index (χ3v) is 6.14. The first-order valence-corrected chi connectivity index (χ1v) is 11.1. The molecule has 0 saturated carbocycles. The van der Waals surface area contributed by atoms with Gasteiger partial charge in [0, 0.05) is 55.7 Å². The molecule has 1 aliphatic rings. The van der Waals surface area contributed by atoms with Crippen LogP contribution in [0.4, 0.5) is 15.9 Å². The number of aromatic amines is 1. The van der Waals surface area contributed by atoms with Crippen molar-refractivity contribution in [1.82, 2.24) is 25.3 Å². The van der Waals surface area contributed by atoms with Crippen LogP contribution >= 0.6 is 0 Å². The molecule has 0 radical (unpaired) electrons. The Morgan fingerprint density at radius 2 is 1.73 bits per heavy atom. The number of pyridine rings is 1.